The van der Waals surface area contributed by atoms with Crippen LogP contribution in [0.1, 0.15) is 34.3 Å². The van der Waals surface area contributed by atoms with Gasteiger partial charge in [0.2, 0.25) is 0 Å². The zero-order chi connectivity index (χ0) is 19.4. The number of benzene rings is 2. The van der Waals surface area contributed by atoms with E-state index in [9.17, 15) is 13.2 Å². The summed E-state index contributed by atoms with van der Waals surface area (Å²) in [4.78, 5) is 14.8. The molecular formula is C21H26N2O3S. The van der Waals surface area contributed by atoms with Gasteiger partial charge in [0, 0.05) is 18.7 Å². The molecule has 0 aromatic heterocycles. The molecule has 6 heteroatoms. The van der Waals surface area contributed by atoms with Crippen molar-refractivity contribution in [3.8, 4) is 0 Å². The minimum atomic E-state index is -3.40. The van der Waals surface area contributed by atoms with Crippen LogP contribution in [0.5, 0.6) is 0 Å². The molecule has 1 saturated heterocycles. The third kappa shape index (κ3) is 4.76. The van der Waals surface area contributed by atoms with Crippen LogP contribution in [0.4, 0.5) is 0 Å². The molecule has 0 saturated carbocycles. The second-order valence-electron chi connectivity index (χ2n) is 7.17. The molecule has 0 aliphatic carbocycles. The van der Waals surface area contributed by atoms with Crippen LogP contribution in [0.2, 0.25) is 0 Å². The van der Waals surface area contributed by atoms with Gasteiger partial charge in [0.15, 0.2) is 9.84 Å². The minimum Gasteiger partial charge on any atom is -0.339 e. The van der Waals surface area contributed by atoms with Crippen molar-refractivity contribution in [2.45, 2.75) is 36.5 Å². The number of piperidine rings is 1. The maximum absolute atomic E-state index is 12.7. The summed E-state index contributed by atoms with van der Waals surface area (Å²) in [6.07, 6.45) is 1.91. The molecule has 0 unspecified atom stereocenters. The molecule has 0 radical (unpaired) electrons. The molecule has 1 fully saturated rings. The molecule has 0 spiro atoms. The van der Waals surface area contributed by atoms with Crippen LogP contribution >= 0.6 is 0 Å². The van der Waals surface area contributed by atoms with Crippen molar-refractivity contribution in [2.75, 3.05) is 20.1 Å². The number of sulfone groups is 1. The van der Waals surface area contributed by atoms with E-state index in [1.807, 2.05) is 14.0 Å². The molecule has 144 valence electrons. The zero-order valence-corrected chi connectivity index (χ0v) is 16.6. The number of nitrogens with zero attached hydrogens (tertiary/aromatic N) is 1. The Morgan fingerprint density at radius 3 is 2.22 bits per heavy atom. The number of hydrogen-bond donors (Lipinski definition) is 1. The van der Waals surface area contributed by atoms with E-state index < -0.39 is 9.84 Å². The van der Waals surface area contributed by atoms with Crippen LogP contribution in [0.25, 0.3) is 0 Å². The van der Waals surface area contributed by atoms with Crippen LogP contribution in [0, 0.1) is 6.92 Å². The lowest BCUT2D eigenvalue weighted by Crippen LogP contribution is -2.43. The fourth-order valence-electron chi connectivity index (χ4n) is 3.36. The summed E-state index contributed by atoms with van der Waals surface area (Å²) >= 11 is 0. The molecular weight excluding hydrogens is 360 g/mol. The Kier molecular flexibility index (Phi) is 5.97. The monoisotopic (exact) mass is 386 g/mol. The van der Waals surface area contributed by atoms with Crippen LogP contribution < -0.4 is 5.32 Å². The summed E-state index contributed by atoms with van der Waals surface area (Å²) < 4.78 is 25.1. The van der Waals surface area contributed by atoms with Gasteiger partial charge in [0.25, 0.3) is 5.91 Å². The van der Waals surface area contributed by atoms with E-state index in [1.165, 1.54) is 0 Å². The SMILES string of the molecule is Cc1ccc(S(=O)(=O)Cc2ccc(C(=O)N(C)C3CCNCC3)cc2)cc1. The van der Waals surface area contributed by atoms with E-state index in [2.05, 4.69) is 5.32 Å². The van der Waals surface area contributed by atoms with E-state index >= 15 is 0 Å². The first-order valence-electron chi connectivity index (χ1n) is 9.23. The first-order chi connectivity index (χ1) is 12.9. The molecule has 1 aliphatic heterocycles. The molecule has 0 atom stereocenters. The van der Waals surface area contributed by atoms with Crippen LogP contribution in [0.3, 0.4) is 0 Å². The lowest BCUT2D eigenvalue weighted by molar-refractivity contribution is 0.0703. The van der Waals surface area contributed by atoms with Crippen LogP contribution in [0.15, 0.2) is 53.4 Å². The standard InChI is InChI=1S/C21H26N2O3S/c1-16-3-9-20(10-4-16)27(25,26)15-17-5-7-18(8-6-17)21(24)23(2)19-11-13-22-14-12-19/h3-10,19,22H,11-15H2,1-2H3. The topological polar surface area (TPSA) is 66.5 Å². The highest BCUT2D eigenvalue weighted by molar-refractivity contribution is 7.90. The van der Waals surface area contributed by atoms with Gasteiger partial charge < -0.3 is 10.2 Å². The summed E-state index contributed by atoms with van der Waals surface area (Å²) in [5.41, 5.74) is 2.29. The van der Waals surface area contributed by atoms with E-state index in [0.717, 1.165) is 31.5 Å². The number of rotatable bonds is 5. The third-order valence-electron chi connectivity index (χ3n) is 5.11. The Hall–Kier alpha value is -2.18. The third-order valence-corrected chi connectivity index (χ3v) is 6.82. The van der Waals surface area contributed by atoms with Gasteiger partial charge in [-0.2, -0.15) is 0 Å². The molecule has 5 nitrogen and oxygen atoms in total. The van der Waals surface area contributed by atoms with Crippen LogP contribution in [-0.4, -0.2) is 45.4 Å². The van der Waals surface area contributed by atoms with Crippen LogP contribution in [-0.2, 0) is 15.6 Å². The van der Waals surface area contributed by atoms with Gasteiger partial charge >= 0.3 is 0 Å². The molecule has 2 aromatic carbocycles. The Morgan fingerprint density at radius 1 is 1.04 bits per heavy atom. The number of amides is 1. The van der Waals surface area contributed by atoms with Gasteiger partial charge in [-0.1, -0.05) is 29.8 Å². The van der Waals surface area contributed by atoms with Gasteiger partial charge in [0.05, 0.1) is 10.6 Å². The van der Waals surface area contributed by atoms with Gasteiger partial charge in [-0.15, -0.1) is 0 Å². The van der Waals surface area contributed by atoms with Crippen molar-refractivity contribution in [2.24, 2.45) is 0 Å². The maximum Gasteiger partial charge on any atom is 0.253 e. The quantitative estimate of drug-likeness (QED) is 0.858. The van der Waals surface area contributed by atoms with Crippen molar-refractivity contribution < 1.29 is 13.2 Å². The Balaban J connectivity index is 1.69. The van der Waals surface area contributed by atoms with Crippen molar-refractivity contribution in [1.82, 2.24) is 10.2 Å². The first kappa shape index (κ1) is 19.6. The van der Waals surface area contributed by atoms with Crippen molar-refractivity contribution in [3.05, 3.63) is 65.2 Å². The largest absolute Gasteiger partial charge is 0.339 e. The summed E-state index contributed by atoms with van der Waals surface area (Å²) in [5.74, 6) is -0.0934. The maximum atomic E-state index is 12.7. The molecule has 2 aromatic rings. The van der Waals surface area contributed by atoms with E-state index in [1.54, 1.807) is 53.4 Å². The normalized spacial score (nSPS) is 15.5. The Labute approximate surface area is 161 Å². The lowest BCUT2D eigenvalue weighted by Gasteiger charge is -2.31. The molecule has 1 N–H and O–H groups in total. The van der Waals surface area contributed by atoms with E-state index in [0.29, 0.717) is 16.0 Å². The number of hydrogen-bond acceptors (Lipinski definition) is 4. The van der Waals surface area contributed by atoms with Gasteiger partial charge in [-0.25, -0.2) is 8.42 Å². The predicted molar refractivity (Wildman–Crippen MR) is 106 cm³/mol. The van der Waals surface area contributed by atoms with Gasteiger partial charge in [-0.3, -0.25) is 4.79 Å². The lowest BCUT2D eigenvalue weighted by atomic mass is 10.0. The number of carbonyl (C=O) groups excluding carboxylic acids is 1. The first-order valence-corrected chi connectivity index (χ1v) is 10.9. The number of nitrogens with one attached hydrogen (secondary N) is 1. The minimum absolute atomic E-state index is 0.0187. The molecule has 0 bridgehead atoms. The smallest absolute Gasteiger partial charge is 0.253 e. The number of aryl methyl sites for hydroxylation is 1. The molecule has 1 amide bonds. The van der Waals surface area contributed by atoms with Crippen molar-refractivity contribution in [3.63, 3.8) is 0 Å². The highest BCUT2D eigenvalue weighted by Gasteiger charge is 2.23. The highest BCUT2D eigenvalue weighted by Crippen LogP contribution is 2.19. The average Bonchev–Trinajstić information content (AvgIpc) is 2.68. The van der Waals surface area contributed by atoms with Crippen molar-refractivity contribution in [1.29, 1.82) is 0 Å². The zero-order valence-electron chi connectivity index (χ0n) is 15.8. The second kappa shape index (κ2) is 8.23. The number of carbonyl (C=O) groups is 1. The van der Waals surface area contributed by atoms with Gasteiger partial charge in [-0.05, 0) is 62.7 Å². The summed E-state index contributed by atoms with van der Waals surface area (Å²) in [5, 5.41) is 3.30. The Bertz CT molecular complexity index is 884. The molecule has 1 aliphatic rings. The highest BCUT2D eigenvalue weighted by atomic mass is 32.2. The van der Waals surface area contributed by atoms with E-state index in [4.69, 9.17) is 0 Å². The van der Waals surface area contributed by atoms with Gasteiger partial charge in [0.1, 0.15) is 0 Å². The fourth-order valence-corrected chi connectivity index (χ4v) is 4.70. The second-order valence-corrected chi connectivity index (χ2v) is 9.16. The van der Waals surface area contributed by atoms with Crippen molar-refractivity contribution >= 4 is 15.7 Å². The summed E-state index contributed by atoms with van der Waals surface area (Å²) in [6, 6.07) is 14.0. The van der Waals surface area contributed by atoms with E-state index in [-0.39, 0.29) is 17.7 Å². The predicted octanol–water partition coefficient (Wildman–Crippen LogP) is 2.79. The Morgan fingerprint density at radius 2 is 1.63 bits per heavy atom. The average molecular weight is 387 g/mol. The fraction of sp³-hybridized carbons (Fsp3) is 0.381. The summed E-state index contributed by atoms with van der Waals surface area (Å²) in [7, 11) is -1.56. The molecule has 27 heavy (non-hydrogen) atoms. The summed E-state index contributed by atoms with van der Waals surface area (Å²) in [6.45, 7) is 3.78. The molecule has 1 heterocycles. The molecule has 3 rings (SSSR count).